The standard InChI is InChI=1S/C27H39N5O4S/c1-16(18-8-10-19(11-9-18)22-17(2)29-15-37-22)31-25(36)27(13-20(33)14-30-27)24(35)23(26(3,4)5)32-21(34)7-6-12-28/h8-11,15-16,20,23,30,33H,6-7,12-14,28H2,1-5H3,(H,31,36)(H,32,34)/t16?,20-,23?,27+/m1/s1. The smallest absolute Gasteiger partial charge is 0.248 e. The summed E-state index contributed by atoms with van der Waals surface area (Å²) < 4.78 is 0. The molecule has 2 aromatic rings. The number of hydrogen-bond donors (Lipinski definition) is 5. The van der Waals surface area contributed by atoms with Crippen LogP contribution < -0.4 is 21.7 Å². The van der Waals surface area contributed by atoms with Crippen LogP contribution in [0.3, 0.4) is 0 Å². The zero-order chi connectivity index (χ0) is 27.4. The molecule has 3 rings (SSSR count). The molecule has 1 saturated heterocycles. The lowest BCUT2D eigenvalue weighted by molar-refractivity contribution is -0.142. The summed E-state index contributed by atoms with van der Waals surface area (Å²) in [4.78, 5) is 45.6. The minimum absolute atomic E-state index is 0.0702. The predicted octanol–water partition coefficient (Wildman–Crippen LogP) is 2.23. The lowest BCUT2D eigenvalue weighted by Crippen LogP contribution is -2.66. The molecule has 2 amide bonds. The molecule has 2 unspecified atom stereocenters. The van der Waals surface area contributed by atoms with Crippen molar-refractivity contribution in [1.82, 2.24) is 20.9 Å². The van der Waals surface area contributed by atoms with Gasteiger partial charge in [-0.25, -0.2) is 4.98 Å². The van der Waals surface area contributed by atoms with Crippen LogP contribution in [0.2, 0.25) is 0 Å². The van der Waals surface area contributed by atoms with E-state index in [2.05, 4.69) is 20.9 Å². The molecule has 1 aliphatic heterocycles. The van der Waals surface area contributed by atoms with Gasteiger partial charge in [0.1, 0.15) is 0 Å². The molecule has 6 N–H and O–H groups in total. The van der Waals surface area contributed by atoms with Crippen molar-refractivity contribution >= 4 is 28.9 Å². The summed E-state index contributed by atoms with van der Waals surface area (Å²) >= 11 is 1.57. The molecule has 2 heterocycles. The number of aryl methyl sites for hydroxylation is 1. The van der Waals surface area contributed by atoms with Crippen molar-refractivity contribution in [2.24, 2.45) is 11.1 Å². The van der Waals surface area contributed by atoms with Crippen molar-refractivity contribution in [3.8, 4) is 10.4 Å². The number of amides is 2. The number of aliphatic hydroxyl groups excluding tert-OH is 1. The average Bonchev–Trinajstić information content (AvgIpc) is 3.46. The first-order valence-electron chi connectivity index (χ1n) is 12.7. The normalized spacial score (nSPS) is 21.3. The van der Waals surface area contributed by atoms with Crippen LogP contribution in [0.5, 0.6) is 0 Å². The van der Waals surface area contributed by atoms with E-state index in [1.807, 2.05) is 64.4 Å². The third-order valence-electron chi connectivity index (χ3n) is 6.80. The first-order chi connectivity index (χ1) is 17.4. The number of hydrogen-bond acceptors (Lipinski definition) is 8. The van der Waals surface area contributed by atoms with Gasteiger partial charge in [-0.3, -0.25) is 19.7 Å². The van der Waals surface area contributed by atoms with Gasteiger partial charge in [0, 0.05) is 19.4 Å². The van der Waals surface area contributed by atoms with E-state index in [9.17, 15) is 19.5 Å². The zero-order valence-electron chi connectivity index (χ0n) is 22.3. The molecule has 202 valence electrons. The van der Waals surface area contributed by atoms with Crippen LogP contribution in [-0.4, -0.2) is 58.5 Å². The fourth-order valence-corrected chi connectivity index (χ4v) is 5.40. The Labute approximate surface area is 222 Å². The second-order valence-electron chi connectivity index (χ2n) is 10.9. The Hall–Kier alpha value is -2.66. The quantitative estimate of drug-likeness (QED) is 0.297. The van der Waals surface area contributed by atoms with Crippen LogP contribution in [0.4, 0.5) is 0 Å². The van der Waals surface area contributed by atoms with Gasteiger partial charge in [-0.05, 0) is 43.4 Å². The van der Waals surface area contributed by atoms with E-state index in [0.29, 0.717) is 13.0 Å². The van der Waals surface area contributed by atoms with Crippen LogP contribution in [0.25, 0.3) is 10.4 Å². The lowest BCUT2D eigenvalue weighted by Gasteiger charge is -2.37. The molecule has 9 nitrogen and oxygen atoms in total. The maximum absolute atomic E-state index is 14.0. The molecule has 0 spiro atoms. The highest BCUT2D eigenvalue weighted by atomic mass is 32.1. The summed E-state index contributed by atoms with van der Waals surface area (Å²) in [5, 5.41) is 19.1. The van der Waals surface area contributed by atoms with Crippen molar-refractivity contribution in [3.05, 3.63) is 41.0 Å². The molecule has 10 heteroatoms. The predicted molar refractivity (Wildman–Crippen MR) is 145 cm³/mol. The Morgan fingerprint density at radius 1 is 1.24 bits per heavy atom. The molecule has 0 aliphatic carbocycles. The molecular weight excluding hydrogens is 490 g/mol. The number of benzene rings is 1. The molecule has 0 bridgehead atoms. The third-order valence-corrected chi connectivity index (χ3v) is 7.77. The van der Waals surface area contributed by atoms with Crippen LogP contribution >= 0.6 is 11.3 Å². The number of Topliss-reactive ketones (excluding diaryl/α,β-unsaturated/α-hetero) is 1. The van der Waals surface area contributed by atoms with Crippen molar-refractivity contribution in [2.75, 3.05) is 13.1 Å². The second-order valence-corrected chi connectivity index (χ2v) is 11.7. The number of nitrogens with two attached hydrogens (primary N) is 1. The first kappa shape index (κ1) is 28.9. The van der Waals surface area contributed by atoms with Gasteiger partial charge in [0.05, 0.1) is 34.3 Å². The summed E-state index contributed by atoms with van der Waals surface area (Å²) in [7, 11) is 0. The Kier molecular flexibility index (Phi) is 9.22. The van der Waals surface area contributed by atoms with E-state index in [0.717, 1.165) is 21.7 Å². The highest BCUT2D eigenvalue weighted by Gasteiger charge is 2.55. The SMILES string of the molecule is Cc1ncsc1-c1ccc(C(C)NC(=O)[C@@]2(C(=O)C(NC(=O)CCCN)C(C)(C)C)C[C@@H](O)CN2)cc1. The molecular formula is C27H39N5O4S. The third kappa shape index (κ3) is 6.62. The van der Waals surface area contributed by atoms with Crippen LogP contribution in [0.1, 0.15) is 64.3 Å². The number of nitrogens with one attached hydrogen (secondary N) is 3. The number of aromatic nitrogens is 1. The molecule has 0 saturated carbocycles. The monoisotopic (exact) mass is 529 g/mol. The molecule has 1 aliphatic rings. The molecule has 1 aromatic carbocycles. The van der Waals surface area contributed by atoms with Gasteiger partial charge in [-0.15, -0.1) is 11.3 Å². The van der Waals surface area contributed by atoms with Crippen LogP contribution in [-0.2, 0) is 14.4 Å². The van der Waals surface area contributed by atoms with Crippen molar-refractivity contribution < 1.29 is 19.5 Å². The van der Waals surface area contributed by atoms with Gasteiger partial charge in [-0.1, -0.05) is 45.0 Å². The van der Waals surface area contributed by atoms with Crippen molar-refractivity contribution in [3.63, 3.8) is 0 Å². The van der Waals surface area contributed by atoms with Gasteiger partial charge in [0.25, 0.3) is 0 Å². The minimum atomic E-state index is -1.66. The number of rotatable bonds is 10. The summed E-state index contributed by atoms with van der Waals surface area (Å²) in [6.07, 6.45) is -0.238. The van der Waals surface area contributed by atoms with E-state index < -0.39 is 34.8 Å². The molecule has 1 fully saturated rings. The first-order valence-corrected chi connectivity index (χ1v) is 13.5. The number of thiazole rings is 1. The summed E-state index contributed by atoms with van der Waals surface area (Å²) in [6, 6.07) is 6.55. The highest BCUT2D eigenvalue weighted by Crippen LogP contribution is 2.31. The molecule has 1 aromatic heterocycles. The number of carbonyl (C=O) groups excluding carboxylic acids is 3. The number of carbonyl (C=O) groups is 3. The van der Waals surface area contributed by atoms with E-state index >= 15 is 0 Å². The highest BCUT2D eigenvalue weighted by molar-refractivity contribution is 7.13. The number of β-amino-alcohol motifs (C(OH)–C–C–N with tert-alkyl or cyclic N) is 1. The topological polar surface area (TPSA) is 146 Å². The molecule has 4 atom stereocenters. The van der Waals surface area contributed by atoms with E-state index in [1.54, 1.807) is 11.3 Å². The maximum atomic E-state index is 14.0. The van der Waals surface area contributed by atoms with Gasteiger partial charge in [0.2, 0.25) is 11.8 Å². The molecule has 37 heavy (non-hydrogen) atoms. The van der Waals surface area contributed by atoms with Crippen molar-refractivity contribution in [1.29, 1.82) is 0 Å². The van der Waals surface area contributed by atoms with Gasteiger partial charge in [0.15, 0.2) is 11.3 Å². The summed E-state index contributed by atoms with van der Waals surface area (Å²) in [6.45, 7) is 9.80. The van der Waals surface area contributed by atoms with Gasteiger partial charge < -0.3 is 21.5 Å². The van der Waals surface area contributed by atoms with Crippen LogP contribution in [0.15, 0.2) is 29.8 Å². The Bertz CT molecular complexity index is 1110. The van der Waals surface area contributed by atoms with Gasteiger partial charge >= 0.3 is 0 Å². The average molecular weight is 530 g/mol. The summed E-state index contributed by atoms with van der Waals surface area (Å²) in [5.41, 5.74) is 7.91. The van der Waals surface area contributed by atoms with Gasteiger partial charge in [-0.2, -0.15) is 0 Å². The summed E-state index contributed by atoms with van der Waals surface area (Å²) in [5.74, 6) is -1.27. The Balaban J connectivity index is 1.82. The Morgan fingerprint density at radius 3 is 2.43 bits per heavy atom. The second kappa shape index (κ2) is 11.8. The number of ketones is 1. The Morgan fingerprint density at radius 2 is 1.92 bits per heavy atom. The van der Waals surface area contributed by atoms with Crippen LogP contribution in [0, 0.1) is 12.3 Å². The van der Waals surface area contributed by atoms with E-state index in [1.165, 1.54) is 0 Å². The van der Waals surface area contributed by atoms with Crippen molar-refractivity contribution in [2.45, 2.75) is 77.6 Å². The van der Waals surface area contributed by atoms with E-state index in [4.69, 9.17) is 5.73 Å². The lowest BCUT2D eigenvalue weighted by atomic mass is 9.75. The number of nitrogens with zero attached hydrogens (tertiary/aromatic N) is 1. The fraction of sp³-hybridized carbons (Fsp3) is 0.556. The largest absolute Gasteiger partial charge is 0.392 e. The van der Waals surface area contributed by atoms with E-state index in [-0.39, 0.29) is 31.3 Å². The fourth-order valence-electron chi connectivity index (χ4n) is 4.59. The molecule has 0 radical (unpaired) electrons. The minimum Gasteiger partial charge on any atom is -0.392 e. The maximum Gasteiger partial charge on any atom is 0.248 e. The number of aliphatic hydroxyl groups is 1. The zero-order valence-corrected chi connectivity index (χ0v) is 23.1.